The van der Waals surface area contributed by atoms with E-state index >= 15 is 0 Å². The third-order valence-corrected chi connectivity index (χ3v) is 5.69. The average molecular weight is 431 g/mol. The molecule has 3 rings (SSSR count). The smallest absolute Gasteiger partial charge is 0.308 e. The van der Waals surface area contributed by atoms with Crippen molar-refractivity contribution in [3.8, 4) is 11.3 Å². The highest BCUT2D eigenvalue weighted by Gasteiger charge is 2.27. The zero-order chi connectivity index (χ0) is 22.4. The summed E-state index contributed by atoms with van der Waals surface area (Å²) in [5, 5.41) is 3.27. The Hall–Kier alpha value is -3.03. The van der Waals surface area contributed by atoms with Gasteiger partial charge in [-0.25, -0.2) is 14.4 Å². The first-order valence-corrected chi connectivity index (χ1v) is 10.7. The Morgan fingerprint density at radius 1 is 1.26 bits per heavy atom. The van der Waals surface area contributed by atoms with Gasteiger partial charge >= 0.3 is 5.97 Å². The van der Waals surface area contributed by atoms with Crippen molar-refractivity contribution >= 4 is 23.5 Å². The number of halogens is 1. The minimum absolute atomic E-state index is 0. The molecule has 0 bridgehead atoms. The number of rotatable bonds is 7. The lowest BCUT2D eigenvalue weighted by molar-refractivity contribution is -0.146. The van der Waals surface area contributed by atoms with E-state index in [1.807, 2.05) is 19.9 Å². The number of benzene rings is 1. The molecule has 0 unspecified atom stereocenters. The van der Waals surface area contributed by atoms with Gasteiger partial charge in [0.15, 0.2) is 5.82 Å². The molecular weight excluding hydrogens is 399 g/mol. The Labute approximate surface area is 183 Å². The summed E-state index contributed by atoms with van der Waals surface area (Å²) in [6, 6.07) is 7.28. The molecule has 31 heavy (non-hydrogen) atoms. The van der Waals surface area contributed by atoms with Crippen LogP contribution in [0.1, 0.15) is 47.4 Å². The number of carbonyl (C=O) groups excluding carboxylic acids is 2. The summed E-state index contributed by atoms with van der Waals surface area (Å²) in [6.45, 7) is 4.25. The molecule has 1 aliphatic carbocycles. The van der Waals surface area contributed by atoms with Crippen LogP contribution < -0.4 is 10.2 Å². The number of nitrogens with one attached hydrogen (secondary N) is 1. The van der Waals surface area contributed by atoms with E-state index in [1.165, 1.54) is 7.11 Å². The van der Waals surface area contributed by atoms with E-state index in [2.05, 4.69) is 15.3 Å². The van der Waals surface area contributed by atoms with Gasteiger partial charge in [0, 0.05) is 31.7 Å². The van der Waals surface area contributed by atoms with Crippen LogP contribution in [-0.2, 0) is 14.3 Å². The van der Waals surface area contributed by atoms with E-state index in [0.29, 0.717) is 30.2 Å². The van der Waals surface area contributed by atoms with Gasteiger partial charge in [0.1, 0.15) is 5.69 Å². The second kappa shape index (κ2) is 10.3. The summed E-state index contributed by atoms with van der Waals surface area (Å²) < 4.78 is 19.4. The lowest BCUT2D eigenvalue weighted by Gasteiger charge is -2.27. The summed E-state index contributed by atoms with van der Waals surface area (Å²) in [4.78, 5) is 34.1. The van der Waals surface area contributed by atoms with Gasteiger partial charge in [0.05, 0.1) is 19.2 Å². The summed E-state index contributed by atoms with van der Waals surface area (Å²) in [5.74, 6) is -0.404. The first-order chi connectivity index (χ1) is 15.0. The standard InChI is InChI=1S/C23H29FN4O3.H2/c1-4-20(29)28(5-2)18-8-6-7-16(13-18)21-19(24)14-25-23(27-21)26-17-11-9-15(10-12-17)22(30)31-3;/h6-8,13-15,17H,4-5,9-12H2,1-3H3,(H,25,26,27);1H. The van der Waals surface area contributed by atoms with Gasteiger partial charge in [-0.2, -0.15) is 0 Å². The van der Waals surface area contributed by atoms with Crippen LogP contribution >= 0.6 is 0 Å². The summed E-state index contributed by atoms with van der Waals surface area (Å²) in [7, 11) is 1.41. The van der Waals surface area contributed by atoms with Crippen LogP contribution in [0.3, 0.4) is 0 Å². The van der Waals surface area contributed by atoms with Gasteiger partial charge in [-0.3, -0.25) is 9.59 Å². The molecule has 2 aromatic rings. The van der Waals surface area contributed by atoms with E-state index in [1.54, 1.807) is 23.1 Å². The van der Waals surface area contributed by atoms with Gasteiger partial charge < -0.3 is 15.0 Å². The molecule has 1 amide bonds. The number of nitrogens with zero attached hydrogens (tertiary/aromatic N) is 3. The van der Waals surface area contributed by atoms with Gasteiger partial charge in [0.2, 0.25) is 11.9 Å². The fourth-order valence-corrected chi connectivity index (χ4v) is 3.98. The zero-order valence-electron chi connectivity index (χ0n) is 18.2. The first kappa shape index (κ1) is 22.7. The second-order valence-corrected chi connectivity index (χ2v) is 7.65. The average Bonchev–Trinajstić information content (AvgIpc) is 2.80. The van der Waals surface area contributed by atoms with Crippen molar-refractivity contribution in [3.63, 3.8) is 0 Å². The molecule has 1 fully saturated rings. The molecule has 1 heterocycles. The fourth-order valence-electron chi connectivity index (χ4n) is 3.98. The topological polar surface area (TPSA) is 84.4 Å². The number of esters is 1. The van der Waals surface area contributed by atoms with E-state index in [9.17, 15) is 14.0 Å². The van der Waals surface area contributed by atoms with E-state index in [4.69, 9.17) is 4.74 Å². The van der Waals surface area contributed by atoms with Crippen LogP contribution in [0, 0.1) is 11.7 Å². The summed E-state index contributed by atoms with van der Waals surface area (Å²) >= 11 is 0. The molecule has 1 aliphatic rings. The van der Waals surface area contributed by atoms with Crippen LogP contribution in [0.25, 0.3) is 11.3 Å². The Balaban J connectivity index is 0.00000363. The molecule has 0 aliphatic heterocycles. The van der Waals surface area contributed by atoms with Crippen molar-refractivity contribution in [3.05, 3.63) is 36.3 Å². The molecule has 8 heteroatoms. The monoisotopic (exact) mass is 430 g/mol. The first-order valence-electron chi connectivity index (χ1n) is 10.7. The molecule has 0 saturated heterocycles. The number of hydrogen-bond acceptors (Lipinski definition) is 6. The maximum Gasteiger partial charge on any atom is 0.308 e. The Morgan fingerprint density at radius 2 is 2.00 bits per heavy atom. The van der Waals surface area contributed by atoms with Gasteiger partial charge in [-0.1, -0.05) is 19.1 Å². The SMILES string of the molecule is CCC(=O)N(CC)c1cccc(-c2nc(NC3CCC(C(=O)OC)CC3)ncc2F)c1.[HH]. The van der Waals surface area contributed by atoms with Crippen molar-refractivity contribution < 1.29 is 20.1 Å². The van der Waals surface area contributed by atoms with Gasteiger partial charge in [0.25, 0.3) is 0 Å². The van der Waals surface area contributed by atoms with Crippen LogP contribution in [-0.4, -0.2) is 41.5 Å². The van der Waals surface area contributed by atoms with Crippen LogP contribution in [0.5, 0.6) is 0 Å². The molecule has 1 N–H and O–H groups in total. The number of ether oxygens (including phenoxy) is 1. The fraction of sp³-hybridized carbons (Fsp3) is 0.478. The lowest BCUT2D eigenvalue weighted by atomic mass is 9.86. The molecule has 1 aromatic carbocycles. The summed E-state index contributed by atoms with van der Waals surface area (Å²) in [5.41, 5.74) is 1.47. The minimum Gasteiger partial charge on any atom is -0.469 e. The Morgan fingerprint density at radius 3 is 2.65 bits per heavy atom. The molecule has 0 spiro atoms. The van der Waals surface area contributed by atoms with Crippen LogP contribution in [0.15, 0.2) is 30.5 Å². The zero-order valence-corrected chi connectivity index (χ0v) is 18.2. The van der Waals surface area contributed by atoms with Gasteiger partial charge in [-0.05, 0) is 44.7 Å². The number of hydrogen-bond donors (Lipinski definition) is 1. The maximum atomic E-state index is 14.6. The van der Waals surface area contributed by atoms with Crippen LogP contribution in [0.4, 0.5) is 16.0 Å². The second-order valence-electron chi connectivity index (χ2n) is 7.65. The number of amides is 1. The molecule has 0 atom stereocenters. The minimum atomic E-state index is -0.526. The number of carbonyl (C=O) groups is 2. The van der Waals surface area contributed by atoms with Crippen molar-refractivity contribution in [1.82, 2.24) is 9.97 Å². The van der Waals surface area contributed by atoms with Crippen LogP contribution in [0.2, 0.25) is 0 Å². The molecule has 168 valence electrons. The highest BCUT2D eigenvalue weighted by Crippen LogP contribution is 2.29. The van der Waals surface area contributed by atoms with Crippen molar-refractivity contribution in [2.24, 2.45) is 5.92 Å². The lowest BCUT2D eigenvalue weighted by Crippen LogP contribution is -2.30. The van der Waals surface area contributed by atoms with Gasteiger partial charge in [-0.15, -0.1) is 0 Å². The molecule has 1 aromatic heterocycles. The number of aromatic nitrogens is 2. The third-order valence-electron chi connectivity index (χ3n) is 5.69. The molecule has 0 radical (unpaired) electrons. The Bertz CT molecular complexity index is 935. The van der Waals surface area contributed by atoms with E-state index in [-0.39, 0.29) is 31.0 Å². The molecule has 1 saturated carbocycles. The Kier molecular flexibility index (Phi) is 7.55. The number of methoxy groups -OCH3 is 1. The third kappa shape index (κ3) is 5.37. The van der Waals surface area contributed by atoms with Crippen molar-refractivity contribution in [2.75, 3.05) is 23.9 Å². The largest absolute Gasteiger partial charge is 0.469 e. The molecular formula is C23H31FN4O3. The van der Waals surface area contributed by atoms with Crippen molar-refractivity contribution in [1.29, 1.82) is 0 Å². The van der Waals surface area contributed by atoms with E-state index in [0.717, 1.165) is 31.9 Å². The molecule has 7 nitrogen and oxygen atoms in total. The van der Waals surface area contributed by atoms with Crippen molar-refractivity contribution in [2.45, 2.75) is 52.0 Å². The highest BCUT2D eigenvalue weighted by atomic mass is 19.1. The predicted octanol–water partition coefficient (Wildman–Crippen LogP) is 4.44. The van der Waals surface area contributed by atoms with E-state index < -0.39 is 5.82 Å². The summed E-state index contributed by atoms with van der Waals surface area (Å²) in [6.07, 6.45) is 4.60. The maximum absolute atomic E-state index is 14.6. The predicted molar refractivity (Wildman–Crippen MR) is 119 cm³/mol. The normalized spacial score (nSPS) is 18.3. The number of anilines is 2. The highest BCUT2D eigenvalue weighted by molar-refractivity contribution is 5.93. The quantitative estimate of drug-likeness (QED) is 0.654.